The van der Waals surface area contributed by atoms with E-state index in [9.17, 15) is 0 Å². The first-order valence-corrected chi connectivity index (χ1v) is 13.1. The molecule has 4 nitrogen and oxygen atoms in total. The minimum Gasteiger partial charge on any atom is -0.497 e. The predicted molar refractivity (Wildman–Crippen MR) is 112 cm³/mol. The van der Waals surface area contributed by atoms with Crippen molar-refractivity contribution in [3.8, 4) is 5.75 Å². The highest BCUT2D eigenvalue weighted by Crippen LogP contribution is 2.42. The Labute approximate surface area is 172 Å². The lowest BCUT2D eigenvalue weighted by Crippen LogP contribution is -2.46. The summed E-state index contributed by atoms with van der Waals surface area (Å²) in [4.78, 5) is 0. The molecule has 0 aliphatic carbocycles. The van der Waals surface area contributed by atoms with Crippen LogP contribution >= 0.6 is 15.9 Å². The lowest BCUT2D eigenvalue weighted by atomic mass is 10.0. The molecule has 27 heavy (non-hydrogen) atoms. The van der Waals surface area contributed by atoms with Crippen molar-refractivity contribution in [3.63, 3.8) is 0 Å². The fourth-order valence-electron chi connectivity index (χ4n) is 2.66. The van der Waals surface area contributed by atoms with Crippen molar-refractivity contribution >= 4 is 24.2 Å². The molecule has 7 heteroatoms. The van der Waals surface area contributed by atoms with E-state index in [1.54, 1.807) is 7.11 Å². The highest BCUT2D eigenvalue weighted by molar-refractivity contribution is 9.09. The maximum Gasteiger partial charge on any atom is 0.192 e. The van der Waals surface area contributed by atoms with Crippen LogP contribution in [-0.2, 0) is 20.5 Å². The number of hydrogen-bond donors (Lipinski definition) is 0. The zero-order valence-corrected chi connectivity index (χ0v) is 19.9. The van der Waals surface area contributed by atoms with E-state index in [0.717, 1.165) is 11.3 Å². The van der Waals surface area contributed by atoms with Crippen molar-refractivity contribution in [2.24, 2.45) is 0 Å². The van der Waals surface area contributed by atoms with Crippen LogP contribution in [0.3, 0.4) is 0 Å². The van der Waals surface area contributed by atoms with E-state index < -0.39 is 31.2 Å². The lowest BCUT2D eigenvalue weighted by molar-refractivity contribution is -0.0659. The molecule has 0 aromatic heterocycles. The zero-order chi connectivity index (χ0) is 20.5. The molecule has 0 bridgehead atoms. The number of rotatable bonds is 7. The largest absolute Gasteiger partial charge is 0.497 e. The molecular weight excluding hydrogens is 431 g/mol. The van der Waals surface area contributed by atoms with Crippen LogP contribution in [0.15, 0.2) is 24.3 Å². The van der Waals surface area contributed by atoms with Crippen LogP contribution in [0.5, 0.6) is 5.75 Å². The SMILES string of the molecule is COc1ccc(CO[C@@H]2[C@@H](CO[Si](C)(C)C(C)(C)C)O[C@H](Br)[C@]2(C)F)cc1. The van der Waals surface area contributed by atoms with Gasteiger partial charge in [-0.2, -0.15) is 0 Å². The van der Waals surface area contributed by atoms with Crippen LogP contribution in [-0.4, -0.2) is 44.9 Å². The van der Waals surface area contributed by atoms with Crippen molar-refractivity contribution < 1.29 is 23.0 Å². The first-order chi connectivity index (χ1) is 12.4. The normalized spacial score (nSPS) is 29.1. The van der Waals surface area contributed by atoms with Crippen LogP contribution in [0, 0.1) is 0 Å². The molecule has 154 valence electrons. The Balaban J connectivity index is 2.05. The third kappa shape index (κ3) is 5.32. The number of alkyl halides is 2. The average Bonchev–Trinajstić information content (AvgIpc) is 2.80. The fraction of sp³-hybridized carbons (Fsp3) is 0.700. The maximum atomic E-state index is 15.2. The van der Waals surface area contributed by atoms with Crippen molar-refractivity contribution in [2.75, 3.05) is 13.7 Å². The highest BCUT2D eigenvalue weighted by Gasteiger charge is 2.55. The molecule has 0 spiro atoms. The Bertz CT molecular complexity index is 615. The van der Waals surface area contributed by atoms with Gasteiger partial charge < -0.3 is 18.6 Å². The Morgan fingerprint density at radius 3 is 2.33 bits per heavy atom. The monoisotopic (exact) mass is 462 g/mol. The average molecular weight is 463 g/mol. The topological polar surface area (TPSA) is 36.9 Å². The molecule has 1 aromatic carbocycles. The molecule has 1 aromatic rings. The summed E-state index contributed by atoms with van der Waals surface area (Å²) in [5, 5.41) is -0.642. The van der Waals surface area contributed by atoms with E-state index >= 15 is 4.39 Å². The second-order valence-electron chi connectivity index (χ2n) is 8.79. The standard InChI is InChI=1S/C20H32BrFO4Si/c1-19(2,3)27(6,7)25-13-16-17(20(4,22)18(21)26-16)24-12-14-8-10-15(23-5)11-9-14/h8-11,16-18H,12-13H2,1-7H3/t16-,17-,18+,20-/m1/s1. The summed E-state index contributed by atoms with van der Waals surface area (Å²) in [6.07, 6.45) is -1.18. The van der Waals surface area contributed by atoms with E-state index in [1.165, 1.54) is 6.92 Å². The van der Waals surface area contributed by atoms with E-state index in [1.807, 2.05) is 24.3 Å². The van der Waals surface area contributed by atoms with Gasteiger partial charge in [-0.05, 0) is 42.8 Å². The summed E-state index contributed by atoms with van der Waals surface area (Å²) >= 11 is 3.31. The minimum absolute atomic E-state index is 0.0812. The van der Waals surface area contributed by atoms with Crippen LogP contribution in [0.1, 0.15) is 33.3 Å². The number of halogens is 2. The summed E-state index contributed by atoms with van der Waals surface area (Å²) in [7, 11) is -0.331. The summed E-state index contributed by atoms with van der Waals surface area (Å²) in [6, 6.07) is 7.56. The smallest absolute Gasteiger partial charge is 0.192 e. The molecule has 1 fully saturated rings. The quantitative estimate of drug-likeness (QED) is 0.398. The molecule has 4 atom stereocenters. The molecule has 0 unspecified atom stereocenters. The maximum absolute atomic E-state index is 15.2. The molecule has 2 rings (SSSR count). The van der Waals surface area contributed by atoms with Gasteiger partial charge in [0.15, 0.2) is 14.0 Å². The minimum atomic E-state index is -1.96. The van der Waals surface area contributed by atoms with E-state index in [2.05, 4.69) is 49.8 Å². The van der Waals surface area contributed by atoms with Crippen LogP contribution < -0.4 is 4.74 Å². The molecule has 0 radical (unpaired) electrons. The van der Waals surface area contributed by atoms with Gasteiger partial charge in [0, 0.05) is 0 Å². The summed E-state index contributed by atoms with van der Waals surface area (Å²) in [5.41, 5.74) is -0.692. The fourth-order valence-corrected chi connectivity index (χ4v) is 4.21. The number of benzene rings is 1. The van der Waals surface area contributed by atoms with Crippen LogP contribution in [0.2, 0.25) is 18.1 Å². The zero-order valence-electron chi connectivity index (χ0n) is 17.3. The van der Waals surface area contributed by atoms with Crippen molar-refractivity contribution in [1.82, 2.24) is 0 Å². The highest BCUT2D eigenvalue weighted by atomic mass is 79.9. The van der Waals surface area contributed by atoms with Gasteiger partial charge in [-0.25, -0.2) is 4.39 Å². The third-order valence-electron chi connectivity index (χ3n) is 5.64. The van der Waals surface area contributed by atoms with Crippen LogP contribution in [0.25, 0.3) is 0 Å². The first-order valence-electron chi connectivity index (χ1n) is 9.25. The Morgan fingerprint density at radius 1 is 1.22 bits per heavy atom. The second-order valence-corrected chi connectivity index (χ2v) is 14.4. The van der Waals surface area contributed by atoms with E-state index in [-0.39, 0.29) is 5.04 Å². The molecule has 0 amide bonds. The van der Waals surface area contributed by atoms with Gasteiger partial charge in [0.25, 0.3) is 0 Å². The Morgan fingerprint density at radius 2 is 1.81 bits per heavy atom. The Hall–Kier alpha value is -0.473. The van der Waals surface area contributed by atoms with Crippen molar-refractivity contribution in [3.05, 3.63) is 29.8 Å². The Kier molecular flexibility index (Phi) is 7.17. The second kappa shape index (κ2) is 8.49. The van der Waals surface area contributed by atoms with Gasteiger partial charge in [-0.15, -0.1) is 0 Å². The molecule has 1 saturated heterocycles. The van der Waals surface area contributed by atoms with Crippen molar-refractivity contribution in [1.29, 1.82) is 0 Å². The number of ether oxygens (including phenoxy) is 3. The van der Waals surface area contributed by atoms with E-state index in [4.69, 9.17) is 18.6 Å². The number of hydrogen-bond acceptors (Lipinski definition) is 4. The third-order valence-corrected chi connectivity index (χ3v) is 11.2. The van der Waals surface area contributed by atoms with Crippen LogP contribution in [0.4, 0.5) is 4.39 Å². The lowest BCUT2D eigenvalue weighted by Gasteiger charge is -2.37. The predicted octanol–water partition coefficient (Wildman–Crippen LogP) is 5.45. The van der Waals surface area contributed by atoms with Crippen molar-refractivity contribution in [2.45, 2.75) is 75.3 Å². The van der Waals surface area contributed by atoms with Gasteiger partial charge in [0.2, 0.25) is 0 Å². The van der Waals surface area contributed by atoms with Gasteiger partial charge in [0.1, 0.15) is 23.0 Å². The first kappa shape index (κ1) is 22.8. The van der Waals surface area contributed by atoms with Gasteiger partial charge in [-0.1, -0.05) is 48.8 Å². The molecular formula is C20H32BrFO4Si. The van der Waals surface area contributed by atoms with Gasteiger partial charge >= 0.3 is 0 Å². The van der Waals surface area contributed by atoms with Gasteiger partial charge in [-0.3, -0.25) is 0 Å². The molecule has 1 aliphatic rings. The molecule has 0 saturated carbocycles. The summed E-state index contributed by atoms with van der Waals surface area (Å²) in [5.74, 6) is 0.777. The summed E-state index contributed by atoms with van der Waals surface area (Å²) < 4.78 is 38.5. The number of methoxy groups -OCH3 is 1. The van der Waals surface area contributed by atoms with Gasteiger partial charge in [0.05, 0.1) is 20.3 Å². The summed E-state index contributed by atoms with van der Waals surface area (Å²) in [6.45, 7) is 13.0. The molecule has 0 N–H and O–H groups in total. The molecule has 1 aliphatic heterocycles. The van der Waals surface area contributed by atoms with E-state index in [0.29, 0.717) is 13.2 Å². The molecule has 1 heterocycles.